The number of halogens is 1. The molecule has 0 aliphatic heterocycles. The fraction of sp³-hybridized carbons (Fsp3) is 0.471. The molecule has 0 bridgehead atoms. The summed E-state index contributed by atoms with van der Waals surface area (Å²) < 4.78 is 1.15. The van der Waals surface area contributed by atoms with Crippen LogP contribution < -0.4 is 5.32 Å². The van der Waals surface area contributed by atoms with E-state index in [-0.39, 0.29) is 6.04 Å². The Labute approximate surface area is 139 Å². The summed E-state index contributed by atoms with van der Waals surface area (Å²) in [6, 6.07) is 9.05. The number of nitrogens with zero attached hydrogens (tertiary/aromatic N) is 1. The van der Waals surface area contributed by atoms with E-state index in [9.17, 15) is 0 Å². The van der Waals surface area contributed by atoms with Crippen LogP contribution >= 0.6 is 27.3 Å². The Kier molecular flexibility index (Phi) is 4.77. The van der Waals surface area contributed by atoms with Gasteiger partial charge in [-0.05, 0) is 51.2 Å². The first-order valence-electron chi connectivity index (χ1n) is 7.64. The Hall–Kier alpha value is -0.710. The SMILES string of the molecule is CC(C)NC(c1nc2c(s1)CCCC2)c1ccccc1Br. The molecule has 1 unspecified atom stereocenters. The fourth-order valence-corrected chi connectivity index (χ4v) is 4.58. The second-order valence-corrected chi connectivity index (χ2v) is 7.87. The molecule has 2 aromatic rings. The van der Waals surface area contributed by atoms with Gasteiger partial charge < -0.3 is 5.32 Å². The lowest BCUT2D eigenvalue weighted by Gasteiger charge is -2.21. The molecule has 0 radical (unpaired) electrons. The predicted octanol–water partition coefficient (Wildman–Crippen LogP) is 4.87. The lowest BCUT2D eigenvalue weighted by atomic mass is 10.0. The van der Waals surface area contributed by atoms with Crippen LogP contribution in [-0.4, -0.2) is 11.0 Å². The minimum atomic E-state index is 0.177. The standard InChI is InChI=1S/C17H21BrN2S/c1-11(2)19-16(12-7-3-4-8-13(12)18)17-20-14-9-5-6-10-15(14)21-17/h3-4,7-8,11,16,19H,5-6,9-10H2,1-2H3. The Morgan fingerprint density at radius 1 is 1.19 bits per heavy atom. The summed E-state index contributed by atoms with van der Waals surface area (Å²) >= 11 is 5.59. The maximum Gasteiger partial charge on any atom is 0.115 e. The fourth-order valence-electron chi connectivity index (χ4n) is 2.83. The van der Waals surface area contributed by atoms with E-state index in [1.165, 1.54) is 40.4 Å². The summed E-state index contributed by atoms with van der Waals surface area (Å²) in [5, 5.41) is 4.89. The molecule has 0 saturated carbocycles. The third-order valence-electron chi connectivity index (χ3n) is 3.83. The number of aromatic nitrogens is 1. The number of benzene rings is 1. The summed E-state index contributed by atoms with van der Waals surface area (Å²) in [5.74, 6) is 0. The molecule has 1 aliphatic rings. The molecule has 1 atom stereocenters. The minimum Gasteiger partial charge on any atom is -0.302 e. The maximum atomic E-state index is 4.96. The van der Waals surface area contributed by atoms with Gasteiger partial charge in [-0.15, -0.1) is 11.3 Å². The van der Waals surface area contributed by atoms with Crippen LogP contribution in [0.1, 0.15) is 53.9 Å². The zero-order chi connectivity index (χ0) is 14.8. The van der Waals surface area contributed by atoms with E-state index >= 15 is 0 Å². The number of hydrogen-bond acceptors (Lipinski definition) is 3. The first kappa shape index (κ1) is 15.2. The highest BCUT2D eigenvalue weighted by Crippen LogP contribution is 2.35. The summed E-state index contributed by atoms with van der Waals surface area (Å²) in [5.41, 5.74) is 2.61. The number of nitrogens with one attached hydrogen (secondary N) is 1. The summed E-state index contributed by atoms with van der Waals surface area (Å²) in [6.45, 7) is 4.38. The Balaban J connectivity index is 1.99. The van der Waals surface area contributed by atoms with Crippen LogP contribution in [0.5, 0.6) is 0 Å². The van der Waals surface area contributed by atoms with E-state index in [0.717, 1.165) is 10.9 Å². The molecule has 112 valence electrons. The van der Waals surface area contributed by atoms with Crippen LogP contribution in [0.25, 0.3) is 0 Å². The molecule has 4 heteroatoms. The Morgan fingerprint density at radius 3 is 2.67 bits per heavy atom. The van der Waals surface area contributed by atoms with E-state index in [1.807, 2.05) is 11.3 Å². The molecule has 1 heterocycles. The van der Waals surface area contributed by atoms with Crippen LogP contribution in [0, 0.1) is 0 Å². The zero-order valence-corrected chi connectivity index (χ0v) is 14.9. The number of thiazole rings is 1. The quantitative estimate of drug-likeness (QED) is 0.836. The van der Waals surface area contributed by atoms with Gasteiger partial charge in [-0.3, -0.25) is 0 Å². The van der Waals surface area contributed by atoms with Gasteiger partial charge in [0.2, 0.25) is 0 Å². The molecule has 2 nitrogen and oxygen atoms in total. The van der Waals surface area contributed by atoms with E-state index in [2.05, 4.69) is 59.4 Å². The highest BCUT2D eigenvalue weighted by atomic mass is 79.9. The van der Waals surface area contributed by atoms with Gasteiger partial charge in [0.25, 0.3) is 0 Å². The lowest BCUT2D eigenvalue weighted by Crippen LogP contribution is -2.29. The normalized spacial score (nSPS) is 16.0. The van der Waals surface area contributed by atoms with Gasteiger partial charge in [0.05, 0.1) is 11.7 Å². The average molecular weight is 365 g/mol. The van der Waals surface area contributed by atoms with Crippen molar-refractivity contribution in [1.82, 2.24) is 10.3 Å². The number of hydrogen-bond donors (Lipinski definition) is 1. The van der Waals surface area contributed by atoms with Crippen LogP contribution in [0.15, 0.2) is 28.7 Å². The summed E-state index contributed by atoms with van der Waals surface area (Å²) in [4.78, 5) is 6.46. The molecule has 1 aromatic heterocycles. The molecule has 0 amide bonds. The maximum absolute atomic E-state index is 4.96. The molecule has 0 saturated heterocycles. The first-order chi connectivity index (χ1) is 10.1. The first-order valence-corrected chi connectivity index (χ1v) is 9.25. The Bertz CT molecular complexity index is 598. The minimum absolute atomic E-state index is 0.177. The van der Waals surface area contributed by atoms with E-state index in [0.29, 0.717) is 6.04 Å². The van der Waals surface area contributed by atoms with Crippen LogP contribution in [-0.2, 0) is 12.8 Å². The van der Waals surface area contributed by atoms with Crippen LogP contribution in [0.2, 0.25) is 0 Å². The van der Waals surface area contributed by atoms with Gasteiger partial charge in [0, 0.05) is 15.4 Å². The van der Waals surface area contributed by atoms with Crippen molar-refractivity contribution in [3.8, 4) is 0 Å². The molecule has 1 aliphatic carbocycles. The van der Waals surface area contributed by atoms with Gasteiger partial charge in [0.1, 0.15) is 5.01 Å². The van der Waals surface area contributed by atoms with Crippen LogP contribution in [0.4, 0.5) is 0 Å². The number of fused-ring (bicyclic) bond motifs is 1. The number of rotatable bonds is 4. The highest BCUT2D eigenvalue weighted by Gasteiger charge is 2.24. The van der Waals surface area contributed by atoms with Crippen molar-refractivity contribution in [1.29, 1.82) is 0 Å². The molecule has 0 spiro atoms. The second-order valence-electron chi connectivity index (χ2n) is 5.90. The van der Waals surface area contributed by atoms with Crippen molar-refractivity contribution >= 4 is 27.3 Å². The van der Waals surface area contributed by atoms with E-state index in [1.54, 1.807) is 0 Å². The van der Waals surface area contributed by atoms with Gasteiger partial charge in [-0.2, -0.15) is 0 Å². The summed E-state index contributed by atoms with van der Waals surface area (Å²) in [6.07, 6.45) is 4.95. The van der Waals surface area contributed by atoms with Gasteiger partial charge in [0.15, 0.2) is 0 Å². The van der Waals surface area contributed by atoms with Crippen molar-refractivity contribution in [3.63, 3.8) is 0 Å². The molecular formula is C17H21BrN2S. The molecule has 0 fully saturated rings. The molecular weight excluding hydrogens is 344 g/mol. The third-order valence-corrected chi connectivity index (χ3v) is 5.77. The Morgan fingerprint density at radius 2 is 1.95 bits per heavy atom. The monoisotopic (exact) mass is 364 g/mol. The van der Waals surface area contributed by atoms with E-state index in [4.69, 9.17) is 4.98 Å². The molecule has 1 N–H and O–H groups in total. The average Bonchev–Trinajstić information content (AvgIpc) is 2.89. The van der Waals surface area contributed by atoms with Crippen molar-refractivity contribution in [2.45, 2.75) is 51.6 Å². The predicted molar refractivity (Wildman–Crippen MR) is 93.0 cm³/mol. The summed E-state index contributed by atoms with van der Waals surface area (Å²) in [7, 11) is 0. The topological polar surface area (TPSA) is 24.9 Å². The van der Waals surface area contributed by atoms with Crippen molar-refractivity contribution in [2.24, 2.45) is 0 Å². The molecule has 3 rings (SSSR count). The highest BCUT2D eigenvalue weighted by molar-refractivity contribution is 9.10. The second kappa shape index (κ2) is 6.59. The smallest absolute Gasteiger partial charge is 0.115 e. The molecule has 1 aromatic carbocycles. The van der Waals surface area contributed by atoms with Crippen LogP contribution in [0.3, 0.4) is 0 Å². The zero-order valence-electron chi connectivity index (χ0n) is 12.5. The van der Waals surface area contributed by atoms with Gasteiger partial charge in [-0.1, -0.05) is 34.1 Å². The largest absolute Gasteiger partial charge is 0.302 e. The lowest BCUT2D eigenvalue weighted by molar-refractivity contribution is 0.524. The van der Waals surface area contributed by atoms with Crippen molar-refractivity contribution in [2.75, 3.05) is 0 Å². The van der Waals surface area contributed by atoms with Gasteiger partial charge in [-0.25, -0.2) is 4.98 Å². The third kappa shape index (κ3) is 3.38. The van der Waals surface area contributed by atoms with E-state index < -0.39 is 0 Å². The van der Waals surface area contributed by atoms with Gasteiger partial charge >= 0.3 is 0 Å². The molecule has 21 heavy (non-hydrogen) atoms. The van der Waals surface area contributed by atoms with Crippen molar-refractivity contribution < 1.29 is 0 Å². The number of aryl methyl sites for hydroxylation is 2. The van der Waals surface area contributed by atoms with Crippen molar-refractivity contribution in [3.05, 3.63) is 49.9 Å².